The molecule has 8 heteroatoms. The number of hydrogen-bond acceptors (Lipinski definition) is 6. The highest BCUT2D eigenvalue weighted by Gasteiger charge is 2.09. The molecule has 7 nitrogen and oxygen atoms in total. The molecule has 0 unspecified atom stereocenters. The molecular formula is C37H61ClN4O3. The standard InChI is InChI=1S/C37H61ClN4O3/c1-4-6-7-8-9-10-11-12-13-14-15-16-17-18-19-20-21-22-23-24-29-41(30-31-43)34(5-2)26-25-33(3)39-40-37-28-27-35(42(44)45)32-36(37)38/h5,25-28,32,43H,3-4,6-24,29-31H2,1-2H3/b26-25-,34-5+,40-39?. The summed E-state index contributed by atoms with van der Waals surface area (Å²) in [6.07, 6.45) is 33.1. The zero-order chi connectivity index (χ0) is 33.0. The predicted octanol–water partition coefficient (Wildman–Crippen LogP) is 12.4. The van der Waals surface area contributed by atoms with E-state index in [9.17, 15) is 15.2 Å². The SMILES string of the molecule is C=C(/C=C\C(=C/C)N(CCO)CCCCCCCCCCCCCCCCCCCCCC)N=Nc1ccc([N+](=O)[O-])cc1Cl. The van der Waals surface area contributed by atoms with Crippen LogP contribution >= 0.6 is 11.6 Å². The third kappa shape index (κ3) is 21.0. The lowest BCUT2D eigenvalue weighted by molar-refractivity contribution is -0.384. The summed E-state index contributed by atoms with van der Waals surface area (Å²) in [6.45, 7) is 9.72. The highest BCUT2D eigenvalue weighted by Crippen LogP contribution is 2.29. The van der Waals surface area contributed by atoms with Crippen molar-refractivity contribution in [2.75, 3.05) is 19.7 Å². The number of benzene rings is 1. The van der Waals surface area contributed by atoms with E-state index in [1.807, 2.05) is 19.1 Å². The number of nitro groups is 1. The first-order valence-corrected chi connectivity index (χ1v) is 18.1. The van der Waals surface area contributed by atoms with Crippen molar-refractivity contribution in [2.45, 2.75) is 142 Å². The smallest absolute Gasteiger partial charge is 0.271 e. The van der Waals surface area contributed by atoms with Gasteiger partial charge in [0, 0.05) is 30.9 Å². The Morgan fingerprint density at radius 2 is 1.33 bits per heavy atom. The van der Waals surface area contributed by atoms with Crippen LogP contribution in [-0.2, 0) is 0 Å². The van der Waals surface area contributed by atoms with Crippen molar-refractivity contribution in [1.82, 2.24) is 4.90 Å². The van der Waals surface area contributed by atoms with Gasteiger partial charge in [-0.05, 0) is 31.6 Å². The largest absolute Gasteiger partial charge is 0.395 e. The lowest BCUT2D eigenvalue weighted by Crippen LogP contribution is -2.26. The van der Waals surface area contributed by atoms with Crippen LogP contribution in [0.15, 0.2) is 64.6 Å². The van der Waals surface area contributed by atoms with Crippen LogP contribution in [0.25, 0.3) is 0 Å². The van der Waals surface area contributed by atoms with Crippen molar-refractivity contribution >= 4 is 23.0 Å². The van der Waals surface area contributed by atoms with Crippen molar-refractivity contribution < 1.29 is 10.0 Å². The summed E-state index contributed by atoms with van der Waals surface area (Å²) < 4.78 is 0. The average molecular weight is 645 g/mol. The van der Waals surface area contributed by atoms with Crippen LogP contribution in [0.3, 0.4) is 0 Å². The number of hydrogen-bond donors (Lipinski definition) is 1. The lowest BCUT2D eigenvalue weighted by atomic mass is 10.0. The molecule has 0 aliphatic heterocycles. The van der Waals surface area contributed by atoms with Crippen LogP contribution in [-0.4, -0.2) is 34.6 Å². The summed E-state index contributed by atoms with van der Waals surface area (Å²) >= 11 is 6.09. The van der Waals surface area contributed by atoms with Gasteiger partial charge in [-0.1, -0.05) is 153 Å². The Morgan fingerprint density at radius 3 is 1.76 bits per heavy atom. The molecule has 0 spiro atoms. The minimum Gasteiger partial charge on any atom is -0.395 e. The van der Waals surface area contributed by atoms with Gasteiger partial charge in [-0.2, -0.15) is 5.11 Å². The van der Waals surface area contributed by atoms with Crippen LogP contribution < -0.4 is 0 Å². The molecule has 0 aliphatic rings. The van der Waals surface area contributed by atoms with Crippen LogP contribution in [0, 0.1) is 10.1 Å². The van der Waals surface area contributed by atoms with E-state index in [1.54, 1.807) is 6.08 Å². The number of nitrogens with zero attached hydrogens (tertiary/aromatic N) is 4. The average Bonchev–Trinajstić information content (AvgIpc) is 3.03. The summed E-state index contributed by atoms with van der Waals surface area (Å²) in [5, 5.41) is 28.8. The molecule has 1 aromatic carbocycles. The van der Waals surface area contributed by atoms with Crippen LogP contribution in [0.1, 0.15) is 142 Å². The lowest BCUT2D eigenvalue weighted by Gasteiger charge is -2.25. The zero-order valence-electron chi connectivity index (χ0n) is 28.4. The van der Waals surface area contributed by atoms with E-state index in [4.69, 9.17) is 11.6 Å². The molecule has 0 atom stereocenters. The maximum Gasteiger partial charge on any atom is 0.271 e. The molecule has 0 saturated carbocycles. The number of rotatable bonds is 29. The van der Waals surface area contributed by atoms with Crippen molar-refractivity contribution in [3.63, 3.8) is 0 Å². The molecule has 0 aromatic heterocycles. The van der Waals surface area contributed by atoms with E-state index < -0.39 is 4.92 Å². The fraction of sp³-hybridized carbons (Fsp3) is 0.676. The molecule has 0 heterocycles. The molecule has 0 saturated heterocycles. The second-order valence-corrected chi connectivity index (χ2v) is 12.5. The Morgan fingerprint density at radius 1 is 0.844 bits per heavy atom. The third-order valence-electron chi connectivity index (χ3n) is 8.19. The number of aliphatic hydroxyl groups excluding tert-OH is 1. The van der Waals surface area contributed by atoms with Gasteiger partial charge in [0.25, 0.3) is 5.69 Å². The van der Waals surface area contributed by atoms with E-state index in [1.165, 1.54) is 140 Å². The normalized spacial score (nSPS) is 12.0. The van der Waals surface area contributed by atoms with Crippen molar-refractivity contribution in [3.8, 4) is 0 Å². The molecule has 0 amide bonds. The number of aliphatic hydroxyl groups is 1. The van der Waals surface area contributed by atoms with Crippen LogP contribution in [0.5, 0.6) is 0 Å². The van der Waals surface area contributed by atoms with Crippen LogP contribution in [0.2, 0.25) is 5.02 Å². The van der Waals surface area contributed by atoms with E-state index in [0.29, 0.717) is 17.9 Å². The molecule has 0 bridgehead atoms. The minimum atomic E-state index is -0.507. The van der Waals surface area contributed by atoms with Gasteiger partial charge < -0.3 is 10.0 Å². The number of allylic oxidation sites excluding steroid dienone is 3. The monoisotopic (exact) mass is 644 g/mol. The van der Waals surface area contributed by atoms with Gasteiger partial charge >= 0.3 is 0 Å². The molecule has 1 aromatic rings. The topological polar surface area (TPSA) is 91.3 Å². The number of unbranched alkanes of at least 4 members (excludes halogenated alkanes) is 19. The van der Waals surface area contributed by atoms with Gasteiger partial charge in [0.05, 0.1) is 22.2 Å². The number of nitro benzene ring substituents is 1. The first-order chi connectivity index (χ1) is 21.9. The molecule has 0 radical (unpaired) electrons. The van der Waals surface area contributed by atoms with E-state index in [-0.39, 0.29) is 17.3 Å². The van der Waals surface area contributed by atoms with E-state index in [0.717, 1.165) is 18.7 Å². The molecule has 0 fully saturated rings. The summed E-state index contributed by atoms with van der Waals surface area (Å²) in [7, 11) is 0. The van der Waals surface area contributed by atoms with Gasteiger partial charge in [0.1, 0.15) is 5.69 Å². The molecule has 45 heavy (non-hydrogen) atoms. The fourth-order valence-corrected chi connectivity index (χ4v) is 5.67. The second-order valence-electron chi connectivity index (χ2n) is 12.1. The van der Waals surface area contributed by atoms with Gasteiger partial charge in [0.2, 0.25) is 0 Å². The van der Waals surface area contributed by atoms with Gasteiger partial charge in [-0.3, -0.25) is 10.1 Å². The summed E-state index contributed by atoms with van der Waals surface area (Å²) in [5.41, 5.74) is 1.65. The highest BCUT2D eigenvalue weighted by molar-refractivity contribution is 6.33. The zero-order valence-corrected chi connectivity index (χ0v) is 29.1. The highest BCUT2D eigenvalue weighted by atomic mass is 35.5. The first kappa shape index (κ1) is 40.5. The maximum absolute atomic E-state index is 10.9. The molecule has 1 N–H and O–H groups in total. The Hall–Kier alpha value is -2.51. The molecule has 1 rings (SSSR count). The van der Waals surface area contributed by atoms with E-state index >= 15 is 0 Å². The second kappa shape index (κ2) is 27.8. The Kier molecular flexibility index (Phi) is 25.0. The Bertz CT molecular complexity index is 1020. The van der Waals surface area contributed by atoms with Crippen molar-refractivity contribution in [1.29, 1.82) is 0 Å². The number of azo groups is 1. The molecular weight excluding hydrogens is 584 g/mol. The van der Waals surface area contributed by atoms with Gasteiger partial charge in [0.15, 0.2) is 0 Å². The Labute approximate surface area is 279 Å². The molecule has 0 aliphatic carbocycles. The quantitative estimate of drug-likeness (QED) is 0.0309. The summed E-state index contributed by atoms with van der Waals surface area (Å²) in [4.78, 5) is 12.6. The summed E-state index contributed by atoms with van der Waals surface area (Å²) in [6, 6.07) is 4.05. The fourth-order valence-electron chi connectivity index (χ4n) is 5.46. The number of non-ortho nitro benzene ring substituents is 1. The van der Waals surface area contributed by atoms with Crippen molar-refractivity contribution in [2.24, 2.45) is 10.2 Å². The summed E-state index contributed by atoms with van der Waals surface area (Å²) in [5.74, 6) is 0. The molecule has 254 valence electrons. The predicted molar refractivity (Wildman–Crippen MR) is 191 cm³/mol. The Balaban J connectivity index is 2.16. The maximum atomic E-state index is 10.9. The first-order valence-electron chi connectivity index (χ1n) is 17.7. The van der Waals surface area contributed by atoms with Gasteiger partial charge in [-0.25, -0.2) is 0 Å². The van der Waals surface area contributed by atoms with E-state index in [2.05, 4.69) is 28.6 Å². The number of halogens is 1. The minimum absolute atomic E-state index is 0.0870. The van der Waals surface area contributed by atoms with Gasteiger partial charge in [-0.15, -0.1) is 5.11 Å². The van der Waals surface area contributed by atoms with Crippen molar-refractivity contribution in [3.05, 3.63) is 69.5 Å². The third-order valence-corrected chi connectivity index (χ3v) is 8.49. The van der Waals surface area contributed by atoms with Crippen LogP contribution in [0.4, 0.5) is 11.4 Å².